The number of carbonyl (C=O) groups excluding carboxylic acids is 1. The Morgan fingerprint density at radius 1 is 1.75 bits per heavy atom. The van der Waals surface area contributed by atoms with Gasteiger partial charge in [0.2, 0.25) is 5.76 Å². The molecule has 1 aromatic rings. The molecule has 3 N–H and O–H groups in total. The van der Waals surface area contributed by atoms with E-state index in [2.05, 4.69) is 15.0 Å². The molecule has 0 aromatic carbocycles. The Hall–Kier alpha value is -1.36. The van der Waals surface area contributed by atoms with E-state index in [1.807, 2.05) is 0 Å². The molecule has 0 saturated heterocycles. The van der Waals surface area contributed by atoms with Crippen LogP contribution in [0.1, 0.15) is 17.0 Å². The first-order valence-electron chi connectivity index (χ1n) is 3.73. The standard InChI is InChI=1S/C7H11N3O2/c8-3-1-4-9-7(11)6-2-5-10-12-6/h2,5H,1,3-4,8H2,(H,9,11). The van der Waals surface area contributed by atoms with Gasteiger partial charge in [0.05, 0.1) is 6.20 Å². The Labute approximate surface area is 69.9 Å². The first kappa shape index (κ1) is 8.73. The van der Waals surface area contributed by atoms with Gasteiger partial charge in [0.15, 0.2) is 0 Å². The molecule has 5 heteroatoms. The quantitative estimate of drug-likeness (QED) is 0.609. The number of nitrogens with two attached hydrogens (primary N) is 1. The summed E-state index contributed by atoms with van der Waals surface area (Å²) in [5.41, 5.74) is 5.25. The van der Waals surface area contributed by atoms with Gasteiger partial charge in [0.1, 0.15) is 0 Å². The average molecular weight is 169 g/mol. The topological polar surface area (TPSA) is 81.1 Å². The van der Waals surface area contributed by atoms with E-state index in [1.54, 1.807) is 0 Å². The van der Waals surface area contributed by atoms with Gasteiger partial charge < -0.3 is 15.6 Å². The molecule has 1 heterocycles. The Balaban J connectivity index is 2.30. The second-order valence-corrected chi connectivity index (χ2v) is 2.27. The van der Waals surface area contributed by atoms with Crippen molar-refractivity contribution in [1.29, 1.82) is 0 Å². The molecule has 0 radical (unpaired) electrons. The second kappa shape index (κ2) is 4.50. The lowest BCUT2D eigenvalue weighted by Gasteiger charge is -1.99. The summed E-state index contributed by atoms with van der Waals surface area (Å²) in [7, 11) is 0. The zero-order valence-corrected chi connectivity index (χ0v) is 6.62. The highest BCUT2D eigenvalue weighted by Gasteiger charge is 2.07. The summed E-state index contributed by atoms with van der Waals surface area (Å²) in [5, 5.41) is 6.04. The van der Waals surface area contributed by atoms with Gasteiger partial charge in [-0.25, -0.2) is 0 Å². The van der Waals surface area contributed by atoms with E-state index in [0.717, 1.165) is 6.42 Å². The predicted octanol–water partition coefficient (Wildman–Crippen LogP) is -0.247. The van der Waals surface area contributed by atoms with E-state index in [4.69, 9.17) is 5.73 Å². The Bertz CT molecular complexity index is 233. The highest BCUT2D eigenvalue weighted by atomic mass is 16.5. The predicted molar refractivity (Wildman–Crippen MR) is 42.5 cm³/mol. The third-order valence-corrected chi connectivity index (χ3v) is 1.33. The molecule has 1 amide bonds. The fourth-order valence-corrected chi connectivity index (χ4v) is 0.724. The van der Waals surface area contributed by atoms with Gasteiger partial charge in [-0.2, -0.15) is 0 Å². The van der Waals surface area contributed by atoms with Crippen molar-refractivity contribution in [2.45, 2.75) is 6.42 Å². The summed E-state index contributed by atoms with van der Waals surface area (Å²) in [6, 6.07) is 1.51. The van der Waals surface area contributed by atoms with Crippen LogP contribution in [0.2, 0.25) is 0 Å². The summed E-state index contributed by atoms with van der Waals surface area (Å²) in [6.45, 7) is 1.13. The number of hydrogen-bond acceptors (Lipinski definition) is 4. The molecular weight excluding hydrogens is 158 g/mol. The van der Waals surface area contributed by atoms with Crippen molar-refractivity contribution >= 4 is 5.91 Å². The maximum atomic E-state index is 11.1. The first-order valence-corrected chi connectivity index (χ1v) is 3.73. The van der Waals surface area contributed by atoms with Gasteiger partial charge in [-0.3, -0.25) is 4.79 Å². The van der Waals surface area contributed by atoms with E-state index < -0.39 is 0 Å². The first-order chi connectivity index (χ1) is 5.84. The number of aromatic nitrogens is 1. The second-order valence-electron chi connectivity index (χ2n) is 2.27. The van der Waals surface area contributed by atoms with Crippen LogP contribution < -0.4 is 11.1 Å². The molecule has 0 aliphatic carbocycles. The zero-order valence-electron chi connectivity index (χ0n) is 6.62. The van der Waals surface area contributed by atoms with Gasteiger partial charge >= 0.3 is 0 Å². The number of rotatable bonds is 4. The fourth-order valence-electron chi connectivity index (χ4n) is 0.724. The largest absolute Gasteiger partial charge is 0.351 e. The van der Waals surface area contributed by atoms with Crippen LogP contribution in [0.25, 0.3) is 0 Å². The summed E-state index contributed by atoms with van der Waals surface area (Å²) in [6.07, 6.45) is 2.19. The molecule has 66 valence electrons. The normalized spacial score (nSPS) is 9.75. The molecule has 0 unspecified atom stereocenters. The zero-order chi connectivity index (χ0) is 8.81. The van der Waals surface area contributed by atoms with Crippen LogP contribution in [0.15, 0.2) is 16.8 Å². The van der Waals surface area contributed by atoms with Gasteiger partial charge in [-0.1, -0.05) is 5.16 Å². The molecule has 1 aromatic heterocycles. The molecule has 0 aliphatic heterocycles. The van der Waals surface area contributed by atoms with E-state index in [0.29, 0.717) is 13.1 Å². The van der Waals surface area contributed by atoms with E-state index in [-0.39, 0.29) is 11.7 Å². The molecule has 0 fully saturated rings. The van der Waals surface area contributed by atoms with Crippen LogP contribution in [0, 0.1) is 0 Å². The SMILES string of the molecule is NCCCNC(=O)c1ccno1. The van der Waals surface area contributed by atoms with Crippen LogP contribution in [0.4, 0.5) is 0 Å². The minimum Gasteiger partial charge on any atom is -0.351 e. The van der Waals surface area contributed by atoms with Crippen molar-refractivity contribution in [2.24, 2.45) is 5.73 Å². The van der Waals surface area contributed by atoms with Crippen LogP contribution >= 0.6 is 0 Å². The lowest BCUT2D eigenvalue weighted by molar-refractivity contribution is 0.0916. The molecule has 0 saturated carbocycles. The maximum absolute atomic E-state index is 11.1. The monoisotopic (exact) mass is 169 g/mol. The maximum Gasteiger partial charge on any atom is 0.289 e. The number of nitrogens with zero attached hydrogens (tertiary/aromatic N) is 1. The van der Waals surface area contributed by atoms with Crippen LogP contribution in [-0.4, -0.2) is 24.2 Å². The van der Waals surface area contributed by atoms with Gasteiger partial charge in [-0.15, -0.1) is 0 Å². The highest BCUT2D eigenvalue weighted by Crippen LogP contribution is 1.94. The van der Waals surface area contributed by atoms with Gasteiger partial charge in [-0.05, 0) is 13.0 Å². The van der Waals surface area contributed by atoms with Crippen LogP contribution in [0.3, 0.4) is 0 Å². The minimum atomic E-state index is -0.249. The number of amides is 1. The van der Waals surface area contributed by atoms with Crippen LogP contribution in [-0.2, 0) is 0 Å². The number of carbonyl (C=O) groups is 1. The summed E-state index contributed by atoms with van der Waals surface area (Å²) in [5.74, 6) is -0.0204. The minimum absolute atomic E-state index is 0.229. The third-order valence-electron chi connectivity index (χ3n) is 1.33. The van der Waals surface area contributed by atoms with Crippen molar-refractivity contribution in [3.63, 3.8) is 0 Å². The van der Waals surface area contributed by atoms with Gasteiger partial charge in [0, 0.05) is 12.6 Å². The van der Waals surface area contributed by atoms with E-state index in [9.17, 15) is 4.79 Å². The van der Waals surface area contributed by atoms with Crippen molar-refractivity contribution in [2.75, 3.05) is 13.1 Å². The lowest BCUT2D eigenvalue weighted by atomic mass is 10.4. The van der Waals surface area contributed by atoms with Crippen molar-refractivity contribution in [3.8, 4) is 0 Å². The average Bonchev–Trinajstić information content (AvgIpc) is 2.56. The van der Waals surface area contributed by atoms with E-state index >= 15 is 0 Å². The Kier molecular flexibility index (Phi) is 3.28. The number of nitrogens with one attached hydrogen (secondary N) is 1. The number of hydrogen-bond donors (Lipinski definition) is 2. The summed E-state index contributed by atoms with van der Waals surface area (Å²) < 4.78 is 4.63. The Morgan fingerprint density at radius 3 is 3.17 bits per heavy atom. The van der Waals surface area contributed by atoms with Crippen LogP contribution in [0.5, 0.6) is 0 Å². The smallest absolute Gasteiger partial charge is 0.289 e. The molecule has 5 nitrogen and oxygen atoms in total. The Morgan fingerprint density at radius 2 is 2.58 bits per heavy atom. The lowest BCUT2D eigenvalue weighted by Crippen LogP contribution is -2.25. The van der Waals surface area contributed by atoms with Gasteiger partial charge in [0.25, 0.3) is 5.91 Å². The molecule has 0 atom stereocenters. The van der Waals surface area contributed by atoms with Crippen molar-refractivity contribution in [1.82, 2.24) is 10.5 Å². The molecular formula is C7H11N3O2. The summed E-state index contributed by atoms with van der Waals surface area (Å²) >= 11 is 0. The molecule has 0 aliphatic rings. The molecule has 0 spiro atoms. The molecule has 1 rings (SSSR count). The molecule has 0 bridgehead atoms. The highest BCUT2D eigenvalue weighted by molar-refractivity contribution is 5.91. The fraction of sp³-hybridized carbons (Fsp3) is 0.429. The van der Waals surface area contributed by atoms with Crippen molar-refractivity contribution < 1.29 is 9.32 Å². The van der Waals surface area contributed by atoms with Crippen molar-refractivity contribution in [3.05, 3.63) is 18.0 Å². The van der Waals surface area contributed by atoms with E-state index in [1.165, 1.54) is 12.3 Å². The third kappa shape index (κ3) is 2.35. The summed E-state index contributed by atoms with van der Waals surface area (Å²) in [4.78, 5) is 11.1. The molecule has 12 heavy (non-hydrogen) atoms.